The first-order valence-electron chi connectivity index (χ1n) is 14.1. The average molecular weight is 557 g/mol. The third-order valence-corrected chi connectivity index (χ3v) is 8.38. The Balaban J connectivity index is 0.000000318. The number of aliphatic carboxylic acids is 2. The predicted molar refractivity (Wildman–Crippen MR) is 148 cm³/mol. The van der Waals surface area contributed by atoms with Crippen molar-refractivity contribution in [2.24, 2.45) is 0 Å². The highest BCUT2D eigenvalue weighted by molar-refractivity contribution is 5.89. The van der Waals surface area contributed by atoms with Crippen LogP contribution < -0.4 is 0 Å². The first kappa shape index (κ1) is 29.9. The number of carboxylic acid groups (broad SMARTS) is 2. The SMILES string of the molecule is C=CCn1cc2c3c(cccc31)C1C[C@@H](OC3CCCC(=O)CC3)CN(CC)[C@@H]1C2.O=C(O)C(O)C(O)C(=O)O. The van der Waals surface area contributed by atoms with E-state index in [1.807, 2.05) is 6.08 Å². The first-order chi connectivity index (χ1) is 19.1. The van der Waals surface area contributed by atoms with Crippen LogP contribution in [0.2, 0.25) is 0 Å². The minimum Gasteiger partial charge on any atom is -0.479 e. The number of aromatic nitrogens is 1. The number of likely N-dealkylation sites (N-methyl/N-ethyl adjacent to an activating group) is 1. The predicted octanol–water partition coefficient (Wildman–Crippen LogP) is 2.73. The van der Waals surface area contributed by atoms with Gasteiger partial charge in [-0.1, -0.05) is 25.1 Å². The standard InChI is InChI=1S/C26H34N2O2.C4H6O6/c1-3-13-28-16-18-14-25-23(22-9-6-10-24(28)26(18)22)15-21(17-27(25)4-2)30-20-8-5-7-19(29)11-12-20;5-1(3(7)8)2(6)4(9)10/h3,6,9-10,16,20-21,23,25H,1,4-5,7-8,11-15,17H2,2H3;1-2,5-6H,(H,7,8)(H,9,10)/t20?,21-,23?,25-;/m1./s1. The van der Waals surface area contributed by atoms with E-state index in [0.717, 1.165) is 58.2 Å². The fourth-order valence-electron chi connectivity index (χ4n) is 6.48. The van der Waals surface area contributed by atoms with Crippen molar-refractivity contribution in [1.29, 1.82) is 0 Å². The molecular formula is C30H40N2O8. The summed E-state index contributed by atoms with van der Waals surface area (Å²) in [5.41, 5.74) is 4.34. The zero-order valence-corrected chi connectivity index (χ0v) is 22.9. The largest absolute Gasteiger partial charge is 0.479 e. The highest BCUT2D eigenvalue weighted by Crippen LogP contribution is 2.45. The van der Waals surface area contributed by atoms with E-state index in [1.54, 1.807) is 0 Å². The van der Waals surface area contributed by atoms with Crippen molar-refractivity contribution in [3.05, 3.63) is 48.2 Å². The Morgan fingerprint density at radius 1 is 1.12 bits per heavy atom. The minimum absolute atomic E-state index is 0.250. The van der Waals surface area contributed by atoms with Crippen molar-refractivity contribution in [3.8, 4) is 0 Å². The van der Waals surface area contributed by atoms with E-state index >= 15 is 0 Å². The molecule has 6 atom stereocenters. The van der Waals surface area contributed by atoms with Gasteiger partial charge in [0, 0.05) is 55.0 Å². The zero-order chi connectivity index (χ0) is 29.0. The number of carboxylic acids is 2. The summed E-state index contributed by atoms with van der Waals surface area (Å²) in [5, 5.41) is 34.0. The summed E-state index contributed by atoms with van der Waals surface area (Å²) in [6, 6.07) is 7.38. The molecule has 0 spiro atoms. The Kier molecular flexibility index (Phi) is 9.78. The van der Waals surface area contributed by atoms with Crippen LogP contribution in [0.3, 0.4) is 0 Å². The molecule has 4 unspecified atom stereocenters. The molecule has 0 bridgehead atoms. The Morgan fingerprint density at radius 2 is 1.85 bits per heavy atom. The van der Waals surface area contributed by atoms with E-state index in [0.29, 0.717) is 24.2 Å². The summed E-state index contributed by atoms with van der Waals surface area (Å²) in [6.07, 6.45) is 6.89. The highest BCUT2D eigenvalue weighted by atomic mass is 16.5. The number of hydrogen-bond acceptors (Lipinski definition) is 7. The molecule has 2 aromatic rings. The summed E-state index contributed by atoms with van der Waals surface area (Å²) in [6.45, 7) is 9.16. The lowest BCUT2D eigenvalue weighted by molar-refractivity contribution is -0.165. The van der Waals surface area contributed by atoms with Crippen LogP contribution in [-0.2, 0) is 32.1 Å². The number of nitrogens with zero attached hydrogens (tertiary/aromatic N) is 2. The van der Waals surface area contributed by atoms with E-state index in [9.17, 15) is 14.4 Å². The zero-order valence-electron chi connectivity index (χ0n) is 22.9. The third kappa shape index (κ3) is 6.46. The van der Waals surface area contributed by atoms with Gasteiger partial charge in [-0.3, -0.25) is 9.69 Å². The number of allylic oxidation sites excluding steroid dienone is 1. The van der Waals surface area contributed by atoms with Crippen LogP contribution in [0.25, 0.3) is 10.9 Å². The number of aliphatic hydroxyl groups excluding tert-OH is 2. The van der Waals surface area contributed by atoms with Gasteiger partial charge < -0.3 is 29.7 Å². The van der Waals surface area contributed by atoms with E-state index < -0.39 is 24.1 Å². The number of ketones is 1. The lowest BCUT2D eigenvalue weighted by atomic mass is 9.74. The normalized spacial score (nSPS) is 26.1. The topological polar surface area (TPSA) is 150 Å². The number of carbonyl (C=O) groups is 3. The summed E-state index contributed by atoms with van der Waals surface area (Å²) < 4.78 is 9.01. The molecule has 218 valence electrons. The van der Waals surface area contributed by atoms with Gasteiger partial charge in [-0.15, -0.1) is 6.58 Å². The van der Waals surface area contributed by atoms with E-state index in [4.69, 9.17) is 25.2 Å². The lowest BCUT2D eigenvalue weighted by Gasteiger charge is -2.47. The molecule has 40 heavy (non-hydrogen) atoms. The molecule has 2 fully saturated rings. The molecule has 1 aromatic carbocycles. The van der Waals surface area contributed by atoms with Crippen molar-refractivity contribution in [1.82, 2.24) is 9.47 Å². The third-order valence-electron chi connectivity index (χ3n) is 8.38. The van der Waals surface area contributed by atoms with Gasteiger partial charge in [-0.2, -0.15) is 0 Å². The lowest BCUT2D eigenvalue weighted by Crippen LogP contribution is -2.52. The van der Waals surface area contributed by atoms with Crippen LogP contribution >= 0.6 is 0 Å². The highest BCUT2D eigenvalue weighted by Gasteiger charge is 2.41. The Hall–Kier alpha value is -3.05. The molecule has 5 rings (SSSR count). The maximum Gasteiger partial charge on any atom is 0.335 e. The average Bonchev–Trinajstić information content (AvgIpc) is 3.15. The van der Waals surface area contributed by atoms with Crippen molar-refractivity contribution in [2.45, 2.75) is 94.8 Å². The molecule has 0 radical (unpaired) electrons. The number of piperidine rings is 1. The van der Waals surface area contributed by atoms with E-state index in [2.05, 4.69) is 47.4 Å². The van der Waals surface area contributed by atoms with Gasteiger partial charge in [0.05, 0.1) is 12.2 Å². The number of Topliss-reactive ketones (excluding diaryl/α,β-unsaturated/α-hetero) is 1. The van der Waals surface area contributed by atoms with Crippen LogP contribution in [0.1, 0.15) is 62.5 Å². The Bertz CT molecular complexity index is 1220. The summed E-state index contributed by atoms with van der Waals surface area (Å²) >= 11 is 0. The molecule has 10 heteroatoms. The fraction of sp³-hybridized carbons (Fsp3) is 0.567. The van der Waals surface area contributed by atoms with Gasteiger partial charge >= 0.3 is 11.9 Å². The second-order valence-electron chi connectivity index (χ2n) is 11.0. The Labute approximate surface area is 233 Å². The number of ether oxygens (including phenoxy) is 1. The fourth-order valence-corrected chi connectivity index (χ4v) is 6.48. The van der Waals surface area contributed by atoms with Crippen LogP contribution in [0.15, 0.2) is 37.1 Å². The number of rotatable bonds is 8. The molecule has 4 N–H and O–H groups in total. The molecular weight excluding hydrogens is 516 g/mol. The van der Waals surface area contributed by atoms with Crippen molar-refractivity contribution >= 4 is 28.6 Å². The number of carbonyl (C=O) groups excluding carboxylic acids is 1. The number of benzene rings is 1. The minimum atomic E-state index is -2.27. The monoisotopic (exact) mass is 556 g/mol. The molecule has 10 nitrogen and oxygen atoms in total. The number of hydrogen-bond donors (Lipinski definition) is 4. The number of fused-ring (bicyclic) bond motifs is 2. The van der Waals surface area contributed by atoms with Crippen LogP contribution in [-0.4, -0.2) is 91.2 Å². The van der Waals surface area contributed by atoms with E-state index in [-0.39, 0.29) is 12.2 Å². The van der Waals surface area contributed by atoms with Crippen molar-refractivity contribution in [2.75, 3.05) is 13.1 Å². The number of aliphatic hydroxyl groups is 2. The molecule has 1 saturated heterocycles. The van der Waals surface area contributed by atoms with Crippen LogP contribution in [0, 0.1) is 0 Å². The quantitative estimate of drug-likeness (QED) is 0.284. The van der Waals surface area contributed by atoms with Crippen LogP contribution in [0.5, 0.6) is 0 Å². The molecule has 3 aliphatic rings. The second kappa shape index (κ2) is 13.1. The maximum absolute atomic E-state index is 11.8. The summed E-state index contributed by atoms with van der Waals surface area (Å²) in [5.74, 6) is -2.60. The molecule has 2 heterocycles. The van der Waals surface area contributed by atoms with Gasteiger partial charge in [0.25, 0.3) is 0 Å². The van der Waals surface area contributed by atoms with Gasteiger partial charge in [0.1, 0.15) is 5.78 Å². The Morgan fingerprint density at radius 3 is 2.50 bits per heavy atom. The first-order valence-corrected chi connectivity index (χ1v) is 14.1. The van der Waals surface area contributed by atoms with Crippen LogP contribution in [0.4, 0.5) is 0 Å². The number of likely N-dealkylation sites (tertiary alicyclic amines) is 1. The van der Waals surface area contributed by atoms with Gasteiger partial charge in [0.15, 0.2) is 12.2 Å². The van der Waals surface area contributed by atoms with Crippen molar-refractivity contribution in [3.63, 3.8) is 0 Å². The molecule has 2 aliphatic carbocycles. The van der Waals surface area contributed by atoms with Gasteiger partial charge in [-0.25, -0.2) is 9.59 Å². The summed E-state index contributed by atoms with van der Waals surface area (Å²) in [4.78, 5) is 34.0. The maximum atomic E-state index is 11.8. The molecule has 1 aromatic heterocycles. The molecule has 0 amide bonds. The van der Waals surface area contributed by atoms with Crippen molar-refractivity contribution < 1.29 is 39.5 Å². The van der Waals surface area contributed by atoms with Gasteiger partial charge in [-0.05, 0) is 55.8 Å². The van der Waals surface area contributed by atoms with Gasteiger partial charge in [0.2, 0.25) is 0 Å². The molecule has 1 aliphatic heterocycles. The second-order valence-corrected chi connectivity index (χ2v) is 11.0. The smallest absolute Gasteiger partial charge is 0.335 e. The molecule has 1 saturated carbocycles. The van der Waals surface area contributed by atoms with E-state index in [1.165, 1.54) is 22.0 Å². The summed E-state index contributed by atoms with van der Waals surface area (Å²) in [7, 11) is 0.